The molecule has 1 amide bonds. The maximum atomic E-state index is 11.7. The molecule has 0 fully saturated rings. The molecule has 6 nitrogen and oxygen atoms in total. The van der Waals surface area contributed by atoms with Gasteiger partial charge in [0.05, 0.1) is 12.3 Å². The summed E-state index contributed by atoms with van der Waals surface area (Å²) in [5, 5.41) is 20.2. The minimum Gasteiger partial charge on any atom is -0.481 e. The maximum absolute atomic E-state index is 11.7. The number of aliphatic carboxylic acids is 2. The van der Waals surface area contributed by atoms with Crippen LogP contribution in [0.15, 0.2) is 24.3 Å². The number of rotatable bonds is 6. The van der Waals surface area contributed by atoms with Crippen LogP contribution in [0.4, 0.5) is 0 Å². The molecule has 0 aliphatic heterocycles. The first-order valence-electron chi connectivity index (χ1n) is 5.38. The highest BCUT2D eigenvalue weighted by atomic mass is 35.5. The Hall–Kier alpha value is -2.08. The molecule has 0 aromatic heterocycles. The van der Waals surface area contributed by atoms with Crippen LogP contribution in [0.3, 0.4) is 0 Å². The van der Waals surface area contributed by atoms with Gasteiger partial charge in [-0.3, -0.25) is 14.4 Å². The third-order valence-corrected chi connectivity index (χ3v) is 2.64. The van der Waals surface area contributed by atoms with Crippen molar-refractivity contribution in [3.63, 3.8) is 0 Å². The summed E-state index contributed by atoms with van der Waals surface area (Å²) in [4.78, 5) is 32.9. The van der Waals surface area contributed by atoms with Crippen LogP contribution in [-0.4, -0.2) is 34.6 Å². The van der Waals surface area contributed by atoms with Gasteiger partial charge >= 0.3 is 11.9 Å². The van der Waals surface area contributed by atoms with E-state index >= 15 is 0 Å². The highest BCUT2D eigenvalue weighted by molar-refractivity contribution is 6.30. The molecule has 0 saturated carbocycles. The van der Waals surface area contributed by atoms with E-state index in [-0.39, 0.29) is 6.54 Å². The topological polar surface area (TPSA) is 104 Å². The number of hydrogen-bond donors (Lipinski definition) is 3. The third-order valence-electron chi connectivity index (χ3n) is 2.39. The summed E-state index contributed by atoms with van der Waals surface area (Å²) in [6.07, 6.45) is -0.545. The fourth-order valence-corrected chi connectivity index (χ4v) is 1.50. The summed E-state index contributed by atoms with van der Waals surface area (Å²) < 4.78 is 0. The third kappa shape index (κ3) is 4.97. The lowest BCUT2D eigenvalue weighted by molar-refractivity contribution is -0.148. The van der Waals surface area contributed by atoms with Crippen LogP contribution in [0.1, 0.15) is 16.8 Å². The molecular formula is C12H12ClNO5. The lowest BCUT2D eigenvalue weighted by Crippen LogP contribution is -2.34. The maximum Gasteiger partial charge on any atom is 0.308 e. The van der Waals surface area contributed by atoms with Crippen LogP contribution < -0.4 is 5.32 Å². The Morgan fingerprint density at radius 1 is 1.16 bits per heavy atom. The number of carboxylic acids is 2. The normalized spacial score (nSPS) is 11.6. The summed E-state index contributed by atoms with van der Waals surface area (Å²) >= 11 is 5.67. The summed E-state index contributed by atoms with van der Waals surface area (Å²) in [5.41, 5.74) is 0.323. The summed E-state index contributed by atoms with van der Waals surface area (Å²) in [5.74, 6) is -4.13. The second-order valence-corrected chi connectivity index (χ2v) is 4.29. The molecule has 0 heterocycles. The van der Waals surface area contributed by atoms with Gasteiger partial charge < -0.3 is 15.5 Å². The first kappa shape index (κ1) is 15.0. The molecule has 1 atom stereocenters. The summed E-state index contributed by atoms with van der Waals surface area (Å²) in [7, 11) is 0. The van der Waals surface area contributed by atoms with Gasteiger partial charge in [-0.15, -0.1) is 0 Å². The predicted octanol–water partition coefficient (Wildman–Crippen LogP) is 1.25. The minimum atomic E-state index is -1.26. The fourth-order valence-electron chi connectivity index (χ4n) is 1.38. The minimum absolute atomic E-state index is 0.247. The number of hydrogen-bond acceptors (Lipinski definition) is 3. The van der Waals surface area contributed by atoms with Crippen molar-refractivity contribution in [2.45, 2.75) is 6.42 Å². The molecule has 7 heteroatoms. The quantitative estimate of drug-likeness (QED) is 0.729. The van der Waals surface area contributed by atoms with Gasteiger partial charge in [-0.2, -0.15) is 0 Å². The molecule has 0 aliphatic rings. The van der Waals surface area contributed by atoms with Crippen molar-refractivity contribution in [1.82, 2.24) is 5.32 Å². The molecule has 0 spiro atoms. The van der Waals surface area contributed by atoms with Gasteiger partial charge in [0.1, 0.15) is 0 Å². The van der Waals surface area contributed by atoms with Gasteiger partial charge in [0.15, 0.2) is 0 Å². The Bertz CT molecular complexity index is 485. The average Bonchev–Trinajstić information content (AvgIpc) is 2.34. The molecule has 0 bridgehead atoms. The zero-order valence-electron chi connectivity index (χ0n) is 9.80. The van der Waals surface area contributed by atoms with Crippen molar-refractivity contribution < 1.29 is 24.6 Å². The number of amides is 1. The van der Waals surface area contributed by atoms with Crippen molar-refractivity contribution in [1.29, 1.82) is 0 Å². The zero-order chi connectivity index (χ0) is 14.4. The smallest absolute Gasteiger partial charge is 0.308 e. The highest BCUT2D eigenvalue weighted by Crippen LogP contribution is 2.09. The SMILES string of the molecule is O=C(O)CC(CNC(=O)c1ccc(Cl)cc1)C(=O)O. The van der Waals surface area contributed by atoms with Crippen LogP contribution in [-0.2, 0) is 9.59 Å². The monoisotopic (exact) mass is 285 g/mol. The lowest BCUT2D eigenvalue weighted by Gasteiger charge is -2.11. The van der Waals surface area contributed by atoms with Crippen LogP contribution >= 0.6 is 11.6 Å². The molecule has 1 rings (SSSR count). The Morgan fingerprint density at radius 3 is 2.21 bits per heavy atom. The number of nitrogens with one attached hydrogen (secondary N) is 1. The second kappa shape index (κ2) is 6.75. The van der Waals surface area contributed by atoms with Crippen LogP contribution in [0.5, 0.6) is 0 Å². The van der Waals surface area contributed by atoms with Crippen molar-refractivity contribution in [3.8, 4) is 0 Å². The number of benzene rings is 1. The first-order chi connectivity index (χ1) is 8.90. The van der Waals surface area contributed by atoms with E-state index in [1.807, 2.05) is 0 Å². The van der Waals surface area contributed by atoms with Gasteiger partial charge in [-0.25, -0.2) is 0 Å². The molecule has 3 N–H and O–H groups in total. The first-order valence-corrected chi connectivity index (χ1v) is 5.76. The van der Waals surface area contributed by atoms with Gasteiger partial charge in [-0.1, -0.05) is 11.6 Å². The Labute approximate surface area is 114 Å². The van der Waals surface area contributed by atoms with Gasteiger partial charge in [0.2, 0.25) is 0 Å². The average molecular weight is 286 g/mol. The van der Waals surface area contributed by atoms with Crippen molar-refractivity contribution >= 4 is 29.4 Å². The van der Waals surface area contributed by atoms with Crippen LogP contribution in [0.2, 0.25) is 5.02 Å². The van der Waals surface area contributed by atoms with Gasteiger partial charge in [0, 0.05) is 17.1 Å². The van der Waals surface area contributed by atoms with Crippen LogP contribution in [0.25, 0.3) is 0 Å². The number of halogens is 1. The van der Waals surface area contributed by atoms with E-state index in [1.54, 1.807) is 0 Å². The predicted molar refractivity (Wildman–Crippen MR) is 67.2 cm³/mol. The largest absolute Gasteiger partial charge is 0.481 e. The molecule has 19 heavy (non-hydrogen) atoms. The van der Waals surface area contributed by atoms with E-state index in [9.17, 15) is 14.4 Å². The molecule has 0 aliphatic carbocycles. The molecule has 0 radical (unpaired) electrons. The van der Waals surface area contributed by atoms with Gasteiger partial charge in [0.25, 0.3) is 5.91 Å². The number of carbonyl (C=O) groups excluding carboxylic acids is 1. The Morgan fingerprint density at radius 2 is 1.74 bits per heavy atom. The zero-order valence-corrected chi connectivity index (χ0v) is 10.6. The van der Waals surface area contributed by atoms with Crippen molar-refractivity contribution in [2.24, 2.45) is 5.92 Å². The highest BCUT2D eigenvalue weighted by Gasteiger charge is 2.21. The standard InChI is InChI=1S/C12H12ClNO5/c13-9-3-1-7(2-4-9)11(17)14-6-8(12(18)19)5-10(15)16/h1-4,8H,5-6H2,(H,14,17)(H,15,16)(H,18,19). The van der Waals surface area contributed by atoms with E-state index in [4.69, 9.17) is 21.8 Å². The van der Waals surface area contributed by atoms with Gasteiger partial charge in [-0.05, 0) is 24.3 Å². The summed E-state index contributed by atoms with van der Waals surface area (Å²) in [6.45, 7) is -0.247. The Balaban J connectivity index is 2.59. The number of carboxylic acid groups (broad SMARTS) is 2. The summed E-state index contributed by atoms with van der Waals surface area (Å²) in [6, 6.07) is 6.04. The molecule has 0 saturated heterocycles. The van der Waals surface area contributed by atoms with E-state index in [1.165, 1.54) is 24.3 Å². The van der Waals surface area contributed by atoms with E-state index in [0.717, 1.165) is 0 Å². The fraction of sp³-hybridized carbons (Fsp3) is 0.250. The number of carbonyl (C=O) groups is 3. The van der Waals surface area contributed by atoms with E-state index in [0.29, 0.717) is 10.6 Å². The van der Waals surface area contributed by atoms with Crippen molar-refractivity contribution in [2.75, 3.05) is 6.54 Å². The van der Waals surface area contributed by atoms with E-state index < -0.39 is 30.2 Å². The molecule has 102 valence electrons. The van der Waals surface area contributed by atoms with E-state index in [2.05, 4.69) is 5.32 Å². The molecule has 1 aromatic carbocycles. The lowest BCUT2D eigenvalue weighted by atomic mass is 10.1. The van der Waals surface area contributed by atoms with Crippen LogP contribution in [0, 0.1) is 5.92 Å². The molecular weight excluding hydrogens is 274 g/mol. The molecule has 1 aromatic rings. The van der Waals surface area contributed by atoms with Crippen molar-refractivity contribution in [3.05, 3.63) is 34.9 Å². The second-order valence-electron chi connectivity index (χ2n) is 3.85. The molecule has 1 unspecified atom stereocenters. The Kier molecular flexibility index (Phi) is 5.32.